The number of rotatable bonds is 6. The molecule has 1 aromatic carbocycles. The van der Waals surface area contributed by atoms with Gasteiger partial charge in [-0.1, -0.05) is 43.8 Å². The monoisotopic (exact) mass is 346 g/mol. The molecular formula is C17H22N4O2S. The van der Waals surface area contributed by atoms with E-state index >= 15 is 0 Å². The minimum absolute atomic E-state index is 0.0889. The van der Waals surface area contributed by atoms with Crippen molar-refractivity contribution in [2.45, 2.75) is 50.7 Å². The molecule has 1 aromatic heterocycles. The maximum atomic E-state index is 12.4. The molecule has 0 bridgehead atoms. The number of H-pyrrole nitrogens is 1. The zero-order chi connectivity index (χ0) is 17.3. The van der Waals surface area contributed by atoms with Gasteiger partial charge in [0.25, 0.3) is 0 Å². The molecule has 1 saturated carbocycles. The summed E-state index contributed by atoms with van der Waals surface area (Å²) in [5, 5.41) is 10.1. The van der Waals surface area contributed by atoms with Crippen LogP contribution >= 0.6 is 11.8 Å². The van der Waals surface area contributed by atoms with Gasteiger partial charge in [-0.25, -0.2) is 9.89 Å². The molecule has 0 radical (unpaired) electrons. The van der Waals surface area contributed by atoms with Crippen LogP contribution in [0.25, 0.3) is 0 Å². The molecule has 1 amide bonds. The summed E-state index contributed by atoms with van der Waals surface area (Å²) in [6, 6.07) is 6.28. The normalized spacial score (nSPS) is 14.2. The van der Waals surface area contributed by atoms with Crippen molar-refractivity contribution in [2.75, 3.05) is 11.1 Å². The first-order valence-electron chi connectivity index (χ1n) is 8.16. The molecule has 2 N–H and O–H groups in total. The zero-order valence-corrected chi connectivity index (χ0v) is 14.9. The molecule has 0 atom stereocenters. The smallest absolute Gasteiger partial charge is 0.325 e. The van der Waals surface area contributed by atoms with Crippen molar-refractivity contribution < 1.29 is 4.79 Å². The molecule has 24 heavy (non-hydrogen) atoms. The number of hydrogen-bond donors (Lipinski definition) is 2. The average Bonchev–Trinajstić information content (AvgIpc) is 3.30. The fourth-order valence-corrected chi connectivity index (χ4v) is 3.51. The fourth-order valence-electron chi connectivity index (χ4n) is 2.69. The Balaban J connectivity index is 1.68. The Labute approximate surface area is 145 Å². The third-order valence-corrected chi connectivity index (χ3v) is 5.06. The molecular weight excluding hydrogens is 324 g/mol. The number of nitrogens with zero attached hydrogens (tertiary/aromatic N) is 2. The van der Waals surface area contributed by atoms with Crippen LogP contribution in [0.2, 0.25) is 0 Å². The molecule has 0 unspecified atom stereocenters. The number of carbonyl (C=O) groups excluding carboxylic acids is 1. The van der Waals surface area contributed by atoms with Crippen LogP contribution in [0.4, 0.5) is 5.69 Å². The number of hydrogen-bond acceptors (Lipinski definition) is 4. The molecule has 0 aliphatic heterocycles. The van der Waals surface area contributed by atoms with Crippen molar-refractivity contribution in [2.24, 2.45) is 0 Å². The van der Waals surface area contributed by atoms with Crippen LogP contribution in [0.3, 0.4) is 0 Å². The van der Waals surface area contributed by atoms with Gasteiger partial charge in [-0.2, -0.15) is 0 Å². The van der Waals surface area contributed by atoms with E-state index in [1.165, 1.54) is 11.8 Å². The summed E-state index contributed by atoms with van der Waals surface area (Å²) in [5.74, 6) is 0.469. The Morgan fingerprint density at radius 3 is 2.88 bits per heavy atom. The molecule has 1 heterocycles. The lowest BCUT2D eigenvalue weighted by Crippen LogP contribution is -2.18. The topological polar surface area (TPSA) is 79.8 Å². The van der Waals surface area contributed by atoms with Gasteiger partial charge < -0.3 is 5.32 Å². The highest BCUT2D eigenvalue weighted by Gasteiger charge is 2.28. The number of benzene rings is 1. The van der Waals surface area contributed by atoms with E-state index < -0.39 is 0 Å². The second-order valence-electron chi connectivity index (χ2n) is 6.44. The first-order valence-corrected chi connectivity index (χ1v) is 9.15. The van der Waals surface area contributed by atoms with Crippen LogP contribution in [-0.4, -0.2) is 26.4 Å². The molecule has 2 aromatic rings. The fraction of sp³-hybridized carbons (Fsp3) is 0.471. The van der Waals surface area contributed by atoms with Crippen molar-refractivity contribution in [3.63, 3.8) is 0 Å². The first-order chi connectivity index (χ1) is 11.5. The summed E-state index contributed by atoms with van der Waals surface area (Å²) in [5.41, 5.74) is 2.87. The van der Waals surface area contributed by atoms with Gasteiger partial charge in [-0.3, -0.25) is 9.36 Å². The lowest BCUT2D eigenvalue weighted by molar-refractivity contribution is -0.113. The second kappa shape index (κ2) is 6.84. The van der Waals surface area contributed by atoms with Gasteiger partial charge in [0.1, 0.15) is 0 Å². The molecule has 6 nitrogen and oxygen atoms in total. The standard InChI is InChI=1S/C17H22N4O2S/c1-10(2)13-6-4-5-11(3)15(13)18-14(22)9-24-17-20-19-16(23)21(17)12-7-8-12/h4-6,10,12H,7-9H2,1-3H3,(H,18,22)(H,19,23). The summed E-state index contributed by atoms with van der Waals surface area (Å²) in [7, 11) is 0. The Bertz CT molecular complexity index is 805. The Morgan fingerprint density at radius 2 is 2.21 bits per heavy atom. The zero-order valence-electron chi connectivity index (χ0n) is 14.1. The molecule has 1 fully saturated rings. The number of anilines is 1. The van der Waals surface area contributed by atoms with E-state index in [0.717, 1.165) is 29.7 Å². The summed E-state index contributed by atoms with van der Waals surface area (Å²) in [6.45, 7) is 6.21. The summed E-state index contributed by atoms with van der Waals surface area (Å²) in [6.07, 6.45) is 2.00. The van der Waals surface area contributed by atoms with Crippen LogP contribution in [0.5, 0.6) is 0 Å². The number of para-hydroxylation sites is 1. The van der Waals surface area contributed by atoms with Gasteiger partial charge in [0.05, 0.1) is 5.75 Å². The number of carbonyl (C=O) groups is 1. The maximum Gasteiger partial charge on any atom is 0.344 e. The van der Waals surface area contributed by atoms with E-state index in [0.29, 0.717) is 11.1 Å². The highest BCUT2D eigenvalue weighted by atomic mass is 32.2. The van der Waals surface area contributed by atoms with E-state index in [9.17, 15) is 9.59 Å². The lowest BCUT2D eigenvalue weighted by Gasteiger charge is -2.16. The van der Waals surface area contributed by atoms with Crippen molar-refractivity contribution in [3.05, 3.63) is 39.8 Å². The predicted octanol–water partition coefficient (Wildman–Crippen LogP) is 3.07. The van der Waals surface area contributed by atoms with Crippen molar-refractivity contribution >= 4 is 23.4 Å². The van der Waals surface area contributed by atoms with Crippen LogP contribution < -0.4 is 11.0 Å². The van der Waals surface area contributed by atoms with Crippen LogP contribution in [0.15, 0.2) is 28.2 Å². The van der Waals surface area contributed by atoms with Gasteiger partial charge in [-0.15, -0.1) is 5.10 Å². The van der Waals surface area contributed by atoms with Gasteiger partial charge in [0.15, 0.2) is 5.16 Å². The van der Waals surface area contributed by atoms with E-state index in [4.69, 9.17) is 0 Å². The molecule has 1 aliphatic rings. The highest BCUT2D eigenvalue weighted by molar-refractivity contribution is 7.99. The quantitative estimate of drug-likeness (QED) is 0.788. The molecule has 0 saturated heterocycles. The van der Waals surface area contributed by atoms with E-state index in [1.54, 1.807) is 4.57 Å². The number of aryl methyl sites for hydroxylation is 1. The summed E-state index contributed by atoms with van der Waals surface area (Å²) in [4.78, 5) is 24.1. The number of thioether (sulfide) groups is 1. The predicted molar refractivity (Wildman–Crippen MR) is 95.7 cm³/mol. The van der Waals surface area contributed by atoms with Crippen LogP contribution in [-0.2, 0) is 4.79 Å². The lowest BCUT2D eigenvalue weighted by atomic mass is 9.98. The molecule has 3 rings (SSSR count). The first kappa shape index (κ1) is 16.8. The third kappa shape index (κ3) is 3.56. The number of aromatic amines is 1. The summed E-state index contributed by atoms with van der Waals surface area (Å²) >= 11 is 1.29. The van der Waals surface area contributed by atoms with Crippen molar-refractivity contribution in [1.29, 1.82) is 0 Å². The van der Waals surface area contributed by atoms with Gasteiger partial charge in [-0.05, 0) is 36.8 Å². The molecule has 1 aliphatic carbocycles. The maximum absolute atomic E-state index is 12.4. The Kier molecular flexibility index (Phi) is 4.80. The highest BCUT2D eigenvalue weighted by Crippen LogP contribution is 2.36. The average molecular weight is 346 g/mol. The van der Waals surface area contributed by atoms with E-state index in [1.807, 2.05) is 25.1 Å². The Hall–Kier alpha value is -2.02. The van der Waals surface area contributed by atoms with Crippen molar-refractivity contribution in [3.8, 4) is 0 Å². The van der Waals surface area contributed by atoms with Crippen LogP contribution in [0.1, 0.15) is 49.8 Å². The number of nitrogens with one attached hydrogen (secondary N) is 2. The number of aromatic nitrogens is 3. The third-order valence-electron chi connectivity index (χ3n) is 4.11. The van der Waals surface area contributed by atoms with Crippen LogP contribution in [0, 0.1) is 6.92 Å². The second-order valence-corrected chi connectivity index (χ2v) is 7.39. The number of amides is 1. The molecule has 128 valence electrons. The van der Waals surface area contributed by atoms with E-state index in [2.05, 4.69) is 29.4 Å². The molecule has 7 heteroatoms. The summed E-state index contributed by atoms with van der Waals surface area (Å²) < 4.78 is 1.66. The van der Waals surface area contributed by atoms with E-state index in [-0.39, 0.29) is 23.4 Å². The minimum atomic E-state index is -0.193. The SMILES string of the molecule is Cc1cccc(C(C)C)c1NC(=O)CSc1n[nH]c(=O)n1C1CC1. The largest absolute Gasteiger partial charge is 0.344 e. The van der Waals surface area contributed by atoms with Crippen molar-refractivity contribution in [1.82, 2.24) is 14.8 Å². The molecule has 0 spiro atoms. The van der Waals surface area contributed by atoms with Gasteiger partial charge in [0, 0.05) is 11.7 Å². The Morgan fingerprint density at radius 1 is 1.46 bits per heavy atom. The van der Waals surface area contributed by atoms with Gasteiger partial charge >= 0.3 is 5.69 Å². The minimum Gasteiger partial charge on any atom is -0.325 e. The van der Waals surface area contributed by atoms with Gasteiger partial charge in [0.2, 0.25) is 5.91 Å².